The molecule has 0 saturated heterocycles. The SMILES string of the molecule is CCCCC(F)=[C-]F.[Cl][Zn+]. The Hall–Kier alpha value is 0.513. The molecule has 0 spiro atoms. The van der Waals surface area contributed by atoms with Crippen molar-refractivity contribution in [2.45, 2.75) is 26.2 Å². The predicted octanol–water partition coefficient (Wildman–Crippen LogP) is 3.45. The second-order valence-corrected chi connectivity index (χ2v) is 1.60. The molecule has 0 aliphatic heterocycles. The monoisotopic (exact) mass is 218 g/mol. The van der Waals surface area contributed by atoms with Crippen molar-refractivity contribution >= 4 is 9.69 Å². The molecule has 0 aliphatic carbocycles. The molecule has 4 heteroatoms. The van der Waals surface area contributed by atoms with E-state index in [0.29, 0.717) is 6.42 Å². The van der Waals surface area contributed by atoms with Gasteiger partial charge in [0, 0.05) is 0 Å². The van der Waals surface area contributed by atoms with Gasteiger partial charge in [0.1, 0.15) is 0 Å². The summed E-state index contributed by atoms with van der Waals surface area (Å²) in [7, 11) is 4.76. The summed E-state index contributed by atoms with van der Waals surface area (Å²) >= 11 is 0.847. The zero-order chi connectivity index (χ0) is 8.41. The number of rotatable bonds is 3. The van der Waals surface area contributed by atoms with Gasteiger partial charge in [-0.2, -0.15) is 0 Å². The van der Waals surface area contributed by atoms with Crippen LogP contribution in [0.2, 0.25) is 0 Å². The molecule has 0 heterocycles. The molecule has 0 saturated carbocycles. The van der Waals surface area contributed by atoms with E-state index in [-0.39, 0.29) is 6.42 Å². The van der Waals surface area contributed by atoms with Crippen molar-refractivity contribution < 1.29 is 26.1 Å². The number of allylic oxidation sites excluding steroid dienone is 1. The minimum atomic E-state index is -0.771. The Morgan fingerprint density at radius 1 is 1.60 bits per heavy atom. The normalized spacial score (nSPS) is 10.4. The zero-order valence-electron chi connectivity index (χ0n) is 5.96. The van der Waals surface area contributed by atoms with Crippen molar-refractivity contribution in [3.8, 4) is 0 Å². The molecule has 0 nitrogen and oxygen atoms in total. The number of halogens is 3. The Morgan fingerprint density at radius 3 is 2.40 bits per heavy atom. The van der Waals surface area contributed by atoms with Gasteiger partial charge in [0.25, 0.3) is 0 Å². The molecule has 0 unspecified atom stereocenters. The van der Waals surface area contributed by atoms with Gasteiger partial charge in [-0.3, -0.25) is 10.7 Å². The molecular weight excluding hydrogens is 211 g/mol. The van der Waals surface area contributed by atoms with Crippen LogP contribution in [0.15, 0.2) is 5.83 Å². The van der Waals surface area contributed by atoms with Crippen molar-refractivity contribution in [3.05, 3.63) is 12.2 Å². The van der Waals surface area contributed by atoms with Crippen LogP contribution >= 0.6 is 9.69 Å². The van der Waals surface area contributed by atoms with Gasteiger partial charge in [-0.05, 0) is 6.42 Å². The van der Waals surface area contributed by atoms with Crippen LogP contribution in [0.25, 0.3) is 0 Å². The summed E-state index contributed by atoms with van der Waals surface area (Å²) < 4.78 is 22.8. The third-order valence-electron chi connectivity index (χ3n) is 0.852. The van der Waals surface area contributed by atoms with Gasteiger partial charge in [-0.25, -0.2) is 0 Å². The standard InChI is InChI=1S/C6H9F2.ClH.Zn/c1-2-3-4-6(8)5-7;;/h2-4H2,1H3;1H;/q-1;;+2/p-1. The van der Waals surface area contributed by atoms with Gasteiger partial charge in [0.15, 0.2) is 0 Å². The molecular formula is C6H9ClF2Zn. The van der Waals surface area contributed by atoms with E-state index in [2.05, 4.69) is 0 Å². The molecule has 0 aromatic rings. The molecule has 0 aromatic heterocycles. The fraction of sp³-hybridized carbons (Fsp3) is 0.667. The summed E-state index contributed by atoms with van der Waals surface area (Å²) in [6.07, 6.45) is 2.72. The first kappa shape index (κ1) is 13.1. The van der Waals surface area contributed by atoms with E-state index in [1.807, 2.05) is 6.92 Å². The first-order valence-electron chi connectivity index (χ1n) is 2.96. The van der Waals surface area contributed by atoms with Crippen LogP contribution in [-0.4, -0.2) is 0 Å². The Balaban J connectivity index is 0. The van der Waals surface area contributed by atoms with Crippen LogP contribution in [0.1, 0.15) is 26.2 Å². The van der Waals surface area contributed by atoms with E-state index >= 15 is 0 Å². The quantitative estimate of drug-likeness (QED) is 0.504. The zero-order valence-corrected chi connectivity index (χ0v) is 9.69. The molecule has 0 aromatic carbocycles. The molecule has 10 heavy (non-hydrogen) atoms. The number of hydrogen-bond acceptors (Lipinski definition) is 0. The van der Waals surface area contributed by atoms with Crippen LogP contribution in [0.3, 0.4) is 0 Å². The second-order valence-electron chi connectivity index (χ2n) is 1.60. The molecule has 0 bridgehead atoms. The van der Waals surface area contributed by atoms with Gasteiger partial charge >= 0.3 is 27.0 Å². The minimum absolute atomic E-state index is 0.188. The Bertz CT molecular complexity index is 85.8. The van der Waals surface area contributed by atoms with Crippen molar-refractivity contribution in [3.63, 3.8) is 0 Å². The van der Waals surface area contributed by atoms with E-state index in [9.17, 15) is 8.78 Å². The summed E-state index contributed by atoms with van der Waals surface area (Å²) in [6, 6.07) is 0. The van der Waals surface area contributed by atoms with E-state index in [0.717, 1.165) is 30.1 Å². The van der Waals surface area contributed by atoms with Crippen LogP contribution in [0.5, 0.6) is 0 Å². The van der Waals surface area contributed by atoms with Crippen LogP contribution in [-0.2, 0) is 17.3 Å². The summed E-state index contributed by atoms with van der Waals surface area (Å²) in [5, 5.41) is 0. The van der Waals surface area contributed by atoms with E-state index in [4.69, 9.17) is 9.69 Å². The van der Waals surface area contributed by atoms with E-state index in [1.165, 1.54) is 0 Å². The Labute approximate surface area is 74.4 Å². The van der Waals surface area contributed by atoms with Gasteiger partial charge in [-0.15, -0.1) is 0 Å². The number of hydrogen-bond donors (Lipinski definition) is 0. The molecule has 0 fully saturated rings. The maximum absolute atomic E-state index is 11.7. The third kappa shape index (κ3) is 11.3. The summed E-state index contributed by atoms with van der Waals surface area (Å²) in [4.78, 5) is 0. The Morgan fingerprint density at radius 2 is 2.10 bits per heavy atom. The average molecular weight is 220 g/mol. The first-order valence-corrected chi connectivity index (χ1v) is 6.85. The van der Waals surface area contributed by atoms with Crippen LogP contribution < -0.4 is 0 Å². The molecule has 56 valence electrons. The van der Waals surface area contributed by atoms with Crippen molar-refractivity contribution in [2.24, 2.45) is 0 Å². The molecule has 0 amide bonds. The fourth-order valence-corrected chi connectivity index (χ4v) is 0.379. The molecule has 0 rings (SSSR count). The Kier molecular flexibility index (Phi) is 16.0. The van der Waals surface area contributed by atoms with Gasteiger partial charge in [-0.1, -0.05) is 25.6 Å². The summed E-state index contributed by atoms with van der Waals surface area (Å²) in [5.41, 5.74) is 0. The maximum atomic E-state index is 11.7. The second kappa shape index (κ2) is 12.2. The first-order chi connectivity index (χ1) is 4.81. The average Bonchev–Trinajstić information content (AvgIpc) is 2.04. The summed E-state index contributed by atoms with van der Waals surface area (Å²) in [5.74, 6) is -0.771. The fourth-order valence-electron chi connectivity index (χ4n) is 0.379. The topological polar surface area (TPSA) is 0 Å². The van der Waals surface area contributed by atoms with E-state index in [1.54, 1.807) is 0 Å². The third-order valence-corrected chi connectivity index (χ3v) is 0.852. The molecule has 0 atom stereocenters. The number of unbranched alkanes of at least 4 members (excludes halogenated alkanes) is 1. The van der Waals surface area contributed by atoms with Crippen molar-refractivity contribution in [1.29, 1.82) is 0 Å². The van der Waals surface area contributed by atoms with Gasteiger partial charge in [0.05, 0.1) is 0 Å². The molecule has 0 radical (unpaired) electrons. The van der Waals surface area contributed by atoms with E-state index < -0.39 is 5.83 Å². The van der Waals surface area contributed by atoms with Gasteiger partial charge in [0.2, 0.25) is 0 Å². The summed E-state index contributed by atoms with van der Waals surface area (Å²) in [6.45, 7) is 1.92. The molecule has 0 N–H and O–H groups in total. The predicted molar refractivity (Wildman–Crippen MR) is 34.4 cm³/mol. The van der Waals surface area contributed by atoms with Crippen molar-refractivity contribution in [2.75, 3.05) is 0 Å². The van der Waals surface area contributed by atoms with Crippen molar-refractivity contribution in [1.82, 2.24) is 0 Å². The van der Waals surface area contributed by atoms with Crippen LogP contribution in [0, 0.1) is 6.33 Å². The van der Waals surface area contributed by atoms with Crippen LogP contribution in [0.4, 0.5) is 8.78 Å². The van der Waals surface area contributed by atoms with Gasteiger partial charge < -0.3 is 4.39 Å². The molecule has 0 aliphatic rings.